The molecule has 0 unspecified atom stereocenters. The van der Waals surface area contributed by atoms with E-state index in [0.717, 1.165) is 5.56 Å². The van der Waals surface area contributed by atoms with Crippen molar-refractivity contribution in [1.82, 2.24) is 5.32 Å². The van der Waals surface area contributed by atoms with E-state index in [2.05, 4.69) is 10.1 Å². The molecule has 0 spiro atoms. The van der Waals surface area contributed by atoms with Crippen LogP contribution in [0.4, 0.5) is 0 Å². The van der Waals surface area contributed by atoms with Gasteiger partial charge >= 0.3 is 11.9 Å². The third-order valence-electron chi connectivity index (χ3n) is 2.59. The van der Waals surface area contributed by atoms with Crippen molar-refractivity contribution in [1.29, 1.82) is 0 Å². The Morgan fingerprint density at radius 1 is 1.28 bits per heavy atom. The van der Waals surface area contributed by atoms with E-state index in [1.165, 1.54) is 0 Å². The maximum absolute atomic E-state index is 11.6. The van der Waals surface area contributed by atoms with Gasteiger partial charge in [-0.05, 0) is 26.0 Å². The first-order valence-electron chi connectivity index (χ1n) is 5.77. The molecule has 0 aliphatic heterocycles. The zero-order valence-electron chi connectivity index (χ0n) is 10.6. The van der Waals surface area contributed by atoms with Crippen LogP contribution in [0.5, 0.6) is 0 Å². The quantitative estimate of drug-likeness (QED) is 0.577. The Morgan fingerprint density at radius 3 is 2.44 bits per heavy atom. The van der Waals surface area contributed by atoms with Crippen molar-refractivity contribution in [3.05, 3.63) is 35.9 Å². The van der Waals surface area contributed by atoms with Crippen molar-refractivity contribution >= 4 is 11.9 Å². The lowest BCUT2D eigenvalue weighted by Gasteiger charge is -2.13. The number of carbonyl (C=O) groups excluding carboxylic acids is 2. The van der Waals surface area contributed by atoms with Gasteiger partial charge in [0.2, 0.25) is 0 Å². The number of benzene rings is 1. The average molecular weight is 250 g/mol. The standard InChI is InChI=1S/C13H18N2O3/c1-9(15-2)12(16)18-13(17)11(14)8-10-6-4-3-5-7-10/h3-7,9,11,15H,8,14H2,1-2H3/t9-,11-/m0/s1. The minimum absolute atomic E-state index is 0.348. The van der Waals surface area contributed by atoms with Gasteiger partial charge in [0.15, 0.2) is 0 Å². The second kappa shape index (κ2) is 6.88. The van der Waals surface area contributed by atoms with E-state index in [9.17, 15) is 9.59 Å². The number of nitrogens with two attached hydrogens (primary N) is 1. The number of esters is 2. The molecule has 0 aromatic heterocycles. The highest BCUT2D eigenvalue weighted by Gasteiger charge is 2.21. The van der Waals surface area contributed by atoms with E-state index in [1.807, 2.05) is 30.3 Å². The molecule has 0 radical (unpaired) electrons. The first kappa shape index (κ1) is 14.3. The highest BCUT2D eigenvalue weighted by molar-refractivity contribution is 5.90. The zero-order valence-corrected chi connectivity index (χ0v) is 10.6. The van der Waals surface area contributed by atoms with Crippen LogP contribution >= 0.6 is 0 Å². The summed E-state index contributed by atoms with van der Waals surface area (Å²) in [6.45, 7) is 1.61. The van der Waals surface area contributed by atoms with Crippen LogP contribution in [0.25, 0.3) is 0 Å². The Bertz CT molecular complexity index is 406. The number of ether oxygens (including phenoxy) is 1. The summed E-state index contributed by atoms with van der Waals surface area (Å²) in [5.74, 6) is -1.32. The van der Waals surface area contributed by atoms with Crippen LogP contribution in [0.2, 0.25) is 0 Å². The minimum Gasteiger partial charge on any atom is -0.391 e. The molecule has 98 valence electrons. The van der Waals surface area contributed by atoms with Gasteiger partial charge in [-0.15, -0.1) is 0 Å². The van der Waals surface area contributed by atoms with Crippen LogP contribution in [-0.4, -0.2) is 31.1 Å². The van der Waals surface area contributed by atoms with Gasteiger partial charge in [-0.2, -0.15) is 0 Å². The summed E-state index contributed by atoms with van der Waals surface area (Å²) < 4.78 is 4.67. The topological polar surface area (TPSA) is 81.4 Å². The molecule has 0 saturated heterocycles. The van der Waals surface area contributed by atoms with Crippen LogP contribution in [0.15, 0.2) is 30.3 Å². The van der Waals surface area contributed by atoms with Gasteiger partial charge in [-0.25, -0.2) is 9.59 Å². The summed E-state index contributed by atoms with van der Waals surface area (Å²) in [6, 6.07) is 7.98. The van der Waals surface area contributed by atoms with Crippen molar-refractivity contribution in [3.63, 3.8) is 0 Å². The van der Waals surface area contributed by atoms with Gasteiger partial charge < -0.3 is 15.8 Å². The molecule has 1 aromatic rings. The van der Waals surface area contributed by atoms with Gasteiger partial charge in [-0.1, -0.05) is 30.3 Å². The number of hydrogen-bond donors (Lipinski definition) is 2. The van der Waals surface area contributed by atoms with Crippen molar-refractivity contribution in [2.45, 2.75) is 25.4 Å². The van der Waals surface area contributed by atoms with E-state index in [1.54, 1.807) is 14.0 Å². The summed E-state index contributed by atoms with van der Waals surface area (Å²) in [6.07, 6.45) is 0.348. The Balaban J connectivity index is 2.50. The fourth-order valence-corrected chi connectivity index (χ4v) is 1.33. The van der Waals surface area contributed by atoms with Crippen LogP contribution in [0, 0.1) is 0 Å². The molecule has 0 aliphatic carbocycles. The molecule has 2 atom stereocenters. The maximum Gasteiger partial charge on any atom is 0.330 e. The third kappa shape index (κ3) is 4.27. The maximum atomic E-state index is 11.6. The lowest BCUT2D eigenvalue weighted by atomic mass is 10.1. The van der Waals surface area contributed by atoms with E-state index in [-0.39, 0.29) is 0 Å². The number of rotatable bonds is 5. The first-order valence-corrected chi connectivity index (χ1v) is 5.77. The summed E-state index contributed by atoms with van der Waals surface area (Å²) in [5.41, 5.74) is 6.62. The Morgan fingerprint density at radius 2 is 1.89 bits per heavy atom. The molecule has 5 heteroatoms. The normalized spacial score (nSPS) is 13.7. The van der Waals surface area contributed by atoms with Gasteiger partial charge in [-0.3, -0.25) is 0 Å². The Hall–Kier alpha value is -1.72. The predicted molar refractivity (Wildman–Crippen MR) is 67.7 cm³/mol. The van der Waals surface area contributed by atoms with Crippen LogP contribution in [-0.2, 0) is 20.7 Å². The largest absolute Gasteiger partial charge is 0.391 e. The van der Waals surface area contributed by atoms with Crippen LogP contribution in [0.3, 0.4) is 0 Å². The molecule has 1 rings (SSSR count). The van der Waals surface area contributed by atoms with E-state index in [4.69, 9.17) is 5.73 Å². The number of carbonyl (C=O) groups is 2. The van der Waals surface area contributed by atoms with Gasteiger partial charge in [0, 0.05) is 0 Å². The van der Waals surface area contributed by atoms with Gasteiger partial charge in [0.1, 0.15) is 12.1 Å². The SMILES string of the molecule is CN[C@@H](C)C(=O)OC(=O)[C@@H](N)Cc1ccccc1. The van der Waals surface area contributed by atoms with Crippen molar-refractivity contribution in [2.24, 2.45) is 5.73 Å². The second-order valence-corrected chi connectivity index (χ2v) is 4.05. The van der Waals surface area contributed by atoms with E-state index in [0.29, 0.717) is 6.42 Å². The van der Waals surface area contributed by atoms with Crippen molar-refractivity contribution in [2.75, 3.05) is 7.05 Å². The highest BCUT2D eigenvalue weighted by Crippen LogP contribution is 2.03. The molecule has 0 amide bonds. The number of likely N-dealkylation sites (N-methyl/N-ethyl adjacent to an activating group) is 1. The molecule has 5 nitrogen and oxygen atoms in total. The lowest BCUT2D eigenvalue weighted by Crippen LogP contribution is -2.40. The first-order chi connectivity index (χ1) is 8.54. The molecule has 18 heavy (non-hydrogen) atoms. The van der Waals surface area contributed by atoms with E-state index >= 15 is 0 Å². The lowest BCUT2D eigenvalue weighted by molar-refractivity contribution is -0.161. The third-order valence-corrected chi connectivity index (χ3v) is 2.59. The predicted octanol–water partition coefficient (Wildman–Crippen LogP) is 0.234. The molecule has 0 aliphatic rings. The molecule has 3 N–H and O–H groups in total. The Kier molecular flexibility index (Phi) is 5.48. The molecular weight excluding hydrogens is 232 g/mol. The molecule has 0 bridgehead atoms. The summed E-state index contributed by atoms with van der Waals surface area (Å²) in [5, 5.41) is 2.69. The fraction of sp³-hybridized carbons (Fsp3) is 0.385. The highest BCUT2D eigenvalue weighted by atomic mass is 16.6. The number of nitrogens with one attached hydrogen (secondary N) is 1. The second-order valence-electron chi connectivity index (χ2n) is 4.05. The smallest absolute Gasteiger partial charge is 0.330 e. The van der Waals surface area contributed by atoms with Gasteiger partial charge in [0.25, 0.3) is 0 Å². The number of hydrogen-bond acceptors (Lipinski definition) is 5. The minimum atomic E-state index is -0.833. The average Bonchev–Trinajstić information content (AvgIpc) is 2.38. The zero-order chi connectivity index (χ0) is 13.5. The molecular formula is C13H18N2O3. The van der Waals surface area contributed by atoms with E-state index < -0.39 is 24.0 Å². The molecule has 1 aromatic carbocycles. The molecule has 0 saturated carbocycles. The van der Waals surface area contributed by atoms with Crippen molar-refractivity contribution in [3.8, 4) is 0 Å². The fourth-order valence-electron chi connectivity index (χ4n) is 1.33. The van der Waals surface area contributed by atoms with Crippen LogP contribution in [0.1, 0.15) is 12.5 Å². The van der Waals surface area contributed by atoms with Crippen molar-refractivity contribution < 1.29 is 14.3 Å². The summed E-state index contributed by atoms with van der Waals surface area (Å²) in [4.78, 5) is 23.0. The molecule has 0 fully saturated rings. The monoisotopic (exact) mass is 250 g/mol. The Labute approximate surface area is 106 Å². The summed E-state index contributed by atoms with van der Waals surface area (Å²) in [7, 11) is 1.61. The van der Waals surface area contributed by atoms with Crippen LogP contribution < -0.4 is 11.1 Å². The summed E-state index contributed by atoms with van der Waals surface area (Å²) >= 11 is 0. The molecule has 0 heterocycles. The van der Waals surface area contributed by atoms with Gasteiger partial charge in [0.05, 0.1) is 0 Å².